The predicted octanol–water partition coefficient (Wildman–Crippen LogP) is -0.140. The van der Waals surface area contributed by atoms with E-state index in [-0.39, 0.29) is 24.8 Å². The van der Waals surface area contributed by atoms with E-state index in [2.05, 4.69) is 20.9 Å². The number of nitrogens with one attached hydrogen (secondary N) is 3. The number of benzene rings is 1. The quantitative estimate of drug-likeness (QED) is 0.265. The van der Waals surface area contributed by atoms with Crippen molar-refractivity contribution in [3.05, 3.63) is 52.6 Å². The van der Waals surface area contributed by atoms with E-state index in [0.29, 0.717) is 18.0 Å². The van der Waals surface area contributed by atoms with Crippen molar-refractivity contribution in [1.29, 1.82) is 0 Å². The largest absolute Gasteiger partial charge is 0.389 e. The molecular formula is C29H40N6O9. The third-order valence-corrected chi connectivity index (χ3v) is 8.29. The lowest BCUT2D eigenvalue weighted by molar-refractivity contribution is -0.294. The molecule has 3 fully saturated rings. The first kappa shape index (κ1) is 32.1. The topological polar surface area (TPSA) is 186 Å². The molecule has 5 N–H and O–H groups in total. The van der Waals surface area contributed by atoms with Crippen molar-refractivity contribution in [1.82, 2.24) is 19.8 Å². The van der Waals surface area contributed by atoms with Gasteiger partial charge in [-0.05, 0) is 65.2 Å². The summed E-state index contributed by atoms with van der Waals surface area (Å²) in [5.41, 5.74) is -0.636. The van der Waals surface area contributed by atoms with Crippen LogP contribution in [0.4, 0.5) is 11.5 Å². The van der Waals surface area contributed by atoms with Gasteiger partial charge in [0.05, 0.1) is 43.8 Å². The number of ether oxygens (including phenoxy) is 4. The number of anilines is 2. The number of carbonyl (C=O) groups is 2. The zero-order chi connectivity index (χ0) is 31.8. The molecule has 0 spiro atoms. The normalized spacial score (nSPS) is 33.8. The Labute approximate surface area is 254 Å². The molecule has 0 radical (unpaired) electrons. The van der Waals surface area contributed by atoms with Crippen LogP contribution in [-0.2, 0) is 23.7 Å². The number of hydrogen-bond acceptors (Lipinski definition) is 12. The number of hydrogen-bond donors (Lipinski definition) is 5. The highest BCUT2D eigenvalue weighted by atomic mass is 16.7. The van der Waals surface area contributed by atoms with Gasteiger partial charge in [0.2, 0.25) is 5.91 Å². The summed E-state index contributed by atoms with van der Waals surface area (Å²) in [7, 11) is 3.53. The minimum atomic E-state index is -1.10. The summed E-state index contributed by atoms with van der Waals surface area (Å²) in [4.78, 5) is 44.0. The summed E-state index contributed by atoms with van der Waals surface area (Å²) in [5, 5.41) is 29.7. The molecule has 2 aromatic rings. The Hall–Kier alpha value is -3.28. The maximum absolute atomic E-state index is 12.9. The van der Waals surface area contributed by atoms with Crippen molar-refractivity contribution < 1.29 is 38.7 Å². The van der Waals surface area contributed by atoms with Gasteiger partial charge in [-0.3, -0.25) is 19.5 Å². The van der Waals surface area contributed by atoms with Gasteiger partial charge in [-0.1, -0.05) is 0 Å². The van der Waals surface area contributed by atoms with Crippen LogP contribution in [0.25, 0.3) is 0 Å². The lowest BCUT2D eigenvalue weighted by atomic mass is 9.96. The molecule has 3 aliphatic heterocycles. The lowest BCUT2D eigenvalue weighted by Crippen LogP contribution is -2.62. The number of rotatable bonds is 8. The second-order valence-electron chi connectivity index (χ2n) is 11.8. The summed E-state index contributed by atoms with van der Waals surface area (Å²) in [6.45, 7) is 5.81. The number of likely N-dealkylation sites (N-methyl/N-ethyl adjacent to an activating group) is 1. The van der Waals surface area contributed by atoms with Gasteiger partial charge in [0, 0.05) is 23.9 Å². The summed E-state index contributed by atoms with van der Waals surface area (Å²) >= 11 is 0. The van der Waals surface area contributed by atoms with Crippen LogP contribution in [0.15, 0.2) is 41.3 Å². The van der Waals surface area contributed by atoms with Crippen molar-refractivity contribution in [2.24, 2.45) is 0 Å². The first-order valence-corrected chi connectivity index (χ1v) is 14.5. The van der Waals surface area contributed by atoms with Crippen molar-refractivity contribution in [3.8, 4) is 0 Å². The van der Waals surface area contributed by atoms with Crippen molar-refractivity contribution >= 4 is 23.3 Å². The molecule has 1 aromatic carbocycles. The smallest absolute Gasteiger partial charge is 0.351 e. The zero-order valence-corrected chi connectivity index (χ0v) is 25.3. The van der Waals surface area contributed by atoms with Crippen LogP contribution in [0.5, 0.6) is 0 Å². The Bertz CT molecular complexity index is 1400. The Morgan fingerprint density at radius 1 is 1.09 bits per heavy atom. The molecule has 4 heterocycles. The first-order chi connectivity index (χ1) is 20.9. The highest BCUT2D eigenvalue weighted by molar-refractivity contribution is 6.04. The average Bonchev–Trinajstić information content (AvgIpc) is 3.58. The highest BCUT2D eigenvalue weighted by Crippen LogP contribution is 2.33. The monoisotopic (exact) mass is 616 g/mol. The number of carbonyl (C=O) groups excluding carboxylic acids is 2. The summed E-state index contributed by atoms with van der Waals surface area (Å²) in [6.07, 6.45) is -3.39. The van der Waals surface area contributed by atoms with Crippen LogP contribution in [-0.4, -0.2) is 112 Å². The molecule has 240 valence electrons. The standard InChI is InChI=1S/C29H40N6O9/c1-15-19(44-26-24(37)22(34(4)5)23(36)16(2)43-26)12-21(42-15)35-11-10-20(33-28(35)40)32-25(38)17-6-8-18(9-7-17)31-27(39)29(3)13-41-14-30-29/h6-11,15-16,19,21-24,26,30,36-37H,12-14H2,1-5H3,(H,31,39)(H,32,33,38,40). The van der Waals surface area contributed by atoms with Crippen LogP contribution in [0.1, 0.15) is 43.8 Å². The van der Waals surface area contributed by atoms with E-state index in [0.717, 1.165) is 0 Å². The molecular weight excluding hydrogens is 576 g/mol. The molecule has 5 rings (SSSR count). The molecule has 3 aliphatic rings. The van der Waals surface area contributed by atoms with Gasteiger partial charge < -0.3 is 44.7 Å². The number of aromatic nitrogens is 2. The van der Waals surface area contributed by atoms with Crippen LogP contribution >= 0.6 is 0 Å². The minimum absolute atomic E-state index is 0.0636. The van der Waals surface area contributed by atoms with Gasteiger partial charge >= 0.3 is 5.69 Å². The van der Waals surface area contributed by atoms with E-state index < -0.39 is 66.2 Å². The molecule has 9 atom stereocenters. The van der Waals surface area contributed by atoms with E-state index in [1.807, 2.05) is 0 Å². The highest BCUT2D eigenvalue weighted by Gasteiger charge is 2.47. The first-order valence-electron chi connectivity index (χ1n) is 14.5. The fraction of sp³-hybridized carbons (Fsp3) is 0.586. The molecule has 0 saturated carbocycles. The van der Waals surface area contributed by atoms with Crippen LogP contribution in [0.3, 0.4) is 0 Å². The Morgan fingerprint density at radius 3 is 2.45 bits per heavy atom. The van der Waals surface area contributed by atoms with Gasteiger partial charge in [0.25, 0.3) is 5.91 Å². The molecule has 0 aliphatic carbocycles. The molecule has 15 heteroatoms. The number of nitrogens with zero attached hydrogens (tertiary/aromatic N) is 3. The van der Waals surface area contributed by atoms with E-state index in [9.17, 15) is 24.6 Å². The minimum Gasteiger partial charge on any atom is -0.389 e. The molecule has 44 heavy (non-hydrogen) atoms. The van der Waals surface area contributed by atoms with Gasteiger partial charge in [0.1, 0.15) is 23.7 Å². The second kappa shape index (κ2) is 13.0. The second-order valence-corrected chi connectivity index (χ2v) is 11.8. The van der Waals surface area contributed by atoms with Crippen molar-refractivity contribution in [2.45, 2.75) is 81.8 Å². The third-order valence-electron chi connectivity index (χ3n) is 8.29. The summed E-state index contributed by atoms with van der Waals surface area (Å²) in [6, 6.07) is 7.23. The summed E-state index contributed by atoms with van der Waals surface area (Å²) in [5.74, 6) is -0.664. The van der Waals surface area contributed by atoms with Gasteiger partial charge in [-0.2, -0.15) is 4.98 Å². The number of aliphatic hydroxyl groups is 2. The SMILES string of the molecule is CC1OC(n2ccc(NC(=O)c3ccc(NC(=O)C4(C)COCN4)cc3)nc2=O)CC1OC1OC(C)C(O)C(N(C)C)C1O. The van der Waals surface area contributed by atoms with Gasteiger partial charge in [-0.25, -0.2) is 4.79 Å². The Balaban J connectivity index is 1.18. The maximum atomic E-state index is 12.9. The molecule has 9 unspecified atom stereocenters. The predicted molar refractivity (Wildman–Crippen MR) is 157 cm³/mol. The zero-order valence-electron chi connectivity index (χ0n) is 25.3. The molecule has 1 aromatic heterocycles. The fourth-order valence-electron chi connectivity index (χ4n) is 5.56. The molecule has 3 saturated heterocycles. The Kier molecular flexibility index (Phi) is 9.48. The van der Waals surface area contributed by atoms with E-state index in [4.69, 9.17) is 18.9 Å². The number of amides is 2. The van der Waals surface area contributed by atoms with Gasteiger partial charge in [-0.15, -0.1) is 0 Å². The van der Waals surface area contributed by atoms with E-state index >= 15 is 0 Å². The van der Waals surface area contributed by atoms with Crippen LogP contribution in [0, 0.1) is 0 Å². The van der Waals surface area contributed by atoms with E-state index in [1.54, 1.807) is 64.0 Å². The molecule has 0 bridgehead atoms. The van der Waals surface area contributed by atoms with Crippen LogP contribution < -0.4 is 21.6 Å². The summed E-state index contributed by atoms with van der Waals surface area (Å²) < 4.78 is 24.4. The lowest BCUT2D eigenvalue weighted by Gasteiger charge is -2.44. The average molecular weight is 617 g/mol. The van der Waals surface area contributed by atoms with Crippen LogP contribution in [0.2, 0.25) is 0 Å². The Morgan fingerprint density at radius 2 is 1.82 bits per heavy atom. The third kappa shape index (κ3) is 6.69. The molecule has 2 amide bonds. The maximum Gasteiger partial charge on any atom is 0.351 e. The number of aliphatic hydroxyl groups excluding tert-OH is 2. The van der Waals surface area contributed by atoms with Gasteiger partial charge in [0.15, 0.2) is 6.29 Å². The molecule has 15 nitrogen and oxygen atoms in total. The fourth-order valence-corrected chi connectivity index (χ4v) is 5.56. The van der Waals surface area contributed by atoms with E-state index in [1.165, 1.54) is 16.8 Å². The van der Waals surface area contributed by atoms with Crippen molar-refractivity contribution in [3.63, 3.8) is 0 Å². The van der Waals surface area contributed by atoms with Crippen molar-refractivity contribution in [2.75, 3.05) is 38.1 Å².